The SMILES string of the molecule is OC1c2ccccc2C(O)(P)c2ccccc21. The van der Waals surface area contributed by atoms with Crippen LogP contribution in [0, 0.1) is 0 Å². The highest BCUT2D eigenvalue weighted by atomic mass is 31.0. The molecule has 0 fully saturated rings. The Hall–Kier alpha value is -1.21. The molecule has 2 nitrogen and oxygen atoms in total. The Morgan fingerprint density at radius 2 is 1.29 bits per heavy atom. The maximum absolute atomic E-state index is 10.6. The Kier molecular flexibility index (Phi) is 2.34. The third-order valence-electron chi connectivity index (χ3n) is 3.33. The maximum atomic E-state index is 10.6. The highest BCUT2D eigenvalue weighted by molar-refractivity contribution is 7.18. The Morgan fingerprint density at radius 3 is 1.76 bits per heavy atom. The van der Waals surface area contributed by atoms with Crippen molar-refractivity contribution in [1.82, 2.24) is 0 Å². The Balaban J connectivity index is 2.34. The molecule has 0 heterocycles. The topological polar surface area (TPSA) is 40.5 Å². The van der Waals surface area contributed by atoms with Gasteiger partial charge in [0.15, 0.2) is 0 Å². The van der Waals surface area contributed by atoms with Gasteiger partial charge in [-0.2, -0.15) is 0 Å². The number of fused-ring (bicyclic) bond motifs is 2. The lowest BCUT2D eigenvalue weighted by Crippen LogP contribution is -2.29. The van der Waals surface area contributed by atoms with Crippen LogP contribution in [-0.2, 0) is 5.34 Å². The molecule has 0 bridgehead atoms. The van der Waals surface area contributed by atoms with Crippen molar-refractivity contribution in [3.63, 3.8) is 0 Å². The number of aliphatic hydroxyl groups excluding tert-OH is 1. The molecule has 1 atom stereocenters. The molecule has 0 amide bonds. The van der Waals surface area contributed by atoms with Crippen molar-refractivity contribution in [2.45, 2.75) is 11.4 Å². The molecule has 0 spiro atoms. The fraction of sp³-hybridized carbons (Fsp3) is 0.143. The smallest absolute Gasteiger partial charge is 0.128 e. The Labute approximate surface area is 102 Å². The van der Waals surface area contributed by atoms with Gasteiger partial charge < -0.3 is 10.2 Å². The first-order valence-electron chi connectivity index (χ1n) is 5.50. The van der Waals surface area contributed by atoms with Gasteiger partial charge in [0.25, 0.3) is 0 Å². The van der Waals surface area contributed by atoms with E-state index in [9.17, 15) is 10.2 Å². The first-order valence-corrected chi connectivity index (χ1v) is 6.08. The summed E-state index contributed by atoms with van der Waals surface area (Å²) < 4.78 is 0. The molecule has 3 rings (SSSR count). The number of benzene rings is 2. The fourth-order valence-electron chi connectivity index (χ4n) is 2.48. The summed E-state index contributed by atoms with van der Waals surface area (Å²) in [4.78, 5) is 0. The van der Waals surface area contributed by atoms with Crippen LogP contribution in [0.25, 0.3) is 0 Å². The number of hydrogen-bond donors (Lipinski definition) is 2. The van der Waals surface area contributed by atoms with Gasteiger partial charge in [0.05, 0.1) is 0 Å². The predicted molar refractivity (Wildman–Crippen MR) is 69.7 cm³/mol. The lowest BCUT2D eigenvalue weighted by atomic mass is 9.81. The summed E-state index contributed by atoms with van der Waals surface area (Å²) in [6.45, 7) is 0. The van der Waals surface area contributed by atoms with Gasteiger partial charge in [-0.1, -0.05) is 57.8 Å². The van der Waals surface area contributed by atoms with E-state index in [1.165, 1.54) is 0 Å². The van der Waals surface area contributed by atoms with Crippen LogP contribution in [0.15, 0.2) is 48.5 Å². The normalized spacial score (nSPS) is 26.2. The molecule has 0 saturated carbocycles. The van der Waals surface area contributed by atoms with Crippen molar-refractivity contribution in [2.75, 3.05) is 0 Å². The zero-order valence-corrected chi connectivity index (χ0v) is 10.3. The van der Waals surface area contributed by atoms with E-state index >= 15 is 0 Å². The molecule has 1 aliphatic rings. The molecular formula is C14H13O2P. The van der Waals surface area contributed by atoms with Crippen LogP contribution in [-0.4, -0.2) is 10.2 Å². The van der Waals surface area contributed by atoms with Gasteiger partial charge in [0.1, 0.15) is 11.4 Å². The number of aliphatic hydroxyl groups is 2. The van der Waals surface area contributed by atoms with Crippen LogP contribution in [0.1, 0.15) is 28.4 Å². The standard InChI is InChI=1S/C14H13O2P/c15-13-9-5-1-3-7-11(9)14(16,17)12-8-4-2-6-10(12)13/h1-8,13,15-16H,17H2. The van der Waals surface area contributed by atoms with Crippen molar-refractivity contribution in [3.8, 4) is 0 Å². The molecule has 86 valence electrons. The average molecular weight is 244 g/mol. The lowest BCUT2D eigenvalue weighted by molar-refractivity contribution is 0.148. The van der Waals surface area contributed by atoms with E-state index in [-0.39, 0.29) is 0 Å². The van der Waals surface area contributed by atoms with E-state index in [4.69, 9.17) is 0 Å². The van der Waals surface area contributed by atoms with E-state index in [0.717, 1.165) is 22.3 Å². The molecule has 0 radical (unpaired) electrons. The van der Waals surface area contributed by atoms with Crippen LogP contribution >= 0.6 is 9.24 Å². The third kappa shape index (κ3) is 1.45. The van der Waals surface area contributed by atoms with Gasteiger partial charge in [-0.25, -0.2) is 0 Å². The van der Waals surface area contributed by atoms with Crippen molar-refractivity contribution < 1.29 is 10.2 Å². The summed E-state index contributed by atoms with van der Waals surface area (Å²) in [5.74, 6) is 0. The van der Waals surface area contributed by atoms with Crippen LogP contribution < -0.4 is 0 Å². The molecule has 2 aromatic carbocycles. The summed E-state index contributed by atoms with van der Waals surface area (Å²) >= 11 is 0. The second-order valence-electron chi connectivity index (χ2n) is 4.34. The average Bonchev–Trinajstić information content (AvgIpc) is 2.37. The molecule has 2 N–H and O–H groups in total. The largest absolute Gasteiger partial charge is 0.384 e. The molecule has 3 heteroatoms. The first kappa shape index (κ1) is 10.9. The van der Waals surface area contributed by atoms with Gasteiger partial charge in [-0.15, -0.1) is 0 Å². The second-order valence-corrected chi connectivity index (χ2v) is 5.18. The molecule has 0 aromatic heterocycles. The van der Waals surface area contributed by atoms with Gasteiger partial charge in [0.2, 0.25) is 0 Å². The number of rotatable bonds is 0. The molecule has 1 aliphatic carbocycles. The molecule has 2 aromatic rings. The van der Waals surface area contributed by atoms with Gasteiger partial charge in [-0.3, -0.25) is 0 Å². The second kappa shape index (κ2) is 3.64. The molecule has 0 saturated heterocycles. The van der Waals surface area contributed by atoms with E-state index in [1.807, 2.05) is 48.5 Å². The molecule has 1 unspecified atom stereocenters. The Bertz CT molecular complexity index is 528. The van der Waals surface area contributed by atoms with E-state index in [1.54, 1.807) is 0 Å². The Morgan fingerprint density at radius 1 is 0.882 bits per heavy atom. The predicted octanol–water partition coefficient (Wildman–Crippen LogP) is 2.15. The summed E-state index contributed by atoms with van der Waals surface area (Å²) in [6.07, 6.45) is -0.664. The van der Waals surface area contributed by atoms with Gasteiger partial charge in [0, 0.05) is 0 Å². The van der Waals surface area contributed by atoms with Crippen LogP contribution in [0.3, 0.4) is 0 Å². The molecular weight excluding hydrogens is 231 g/mol. The van der Waals surface area contributed by atoms with Crippen LogP contribution in [0.5, 0.6) is 0 Å². The highest BCUT2D eigenvalue weighted by Crippen LogP contribution is 2.47. The highest BCUT2D eigenvalue weighted by Gasteiger charge is 2.38. The van der Waals surface area contributed by atoms with E-state index in [0.29, 0.717) is 0 Å². The third-order valence-corrected chi connectivity index (χ3v) is 3.95. The van der Waals surface area contributed by atoms with Crippen LogP contribution in [0.4, 0.5) is 0 Å². The monoisotopic (exact) mass is 244 g/mol. The summed E-state index contributed by atoms with van der Waals surface area (Å²) in [6, 6.07) is 14.9. The quantitative estimate of drug-likeness (QED) is 0.697. The maximum Gasteiger partial charge on any atom is 0.128 e. The zero-order valence-electron chi connectivity index (χ0n) is 9.17. The van der Waals surface area contributed by atoms with Gasteiger partial charge >= 0.3 is 0 Å². The van der Waals surface area contributed by atoms with Gasteiger partial charge in [-0.05, 0) is 22.3 Å². The first-order chi connectivity index (χ1) is 8.12. The number of hydrogen-bond acceptors (Lipinski definition) is 2. The lowest BCUT2D eigenvalue weighted by Gasteiger charge is -2.35. The minimum absolute atomic E-state index is 0.664. The molecule has 0 aliphatic heterocycles. The van der Waals surface area contributed by atoms with E-state index < -0.39 is 11.4 Å². The minimum atomic E-state index is -1.12. The van der Waals surface area contributed by atoms with Crippen molar-refractivity contribution >= 4 is 9.24 Å². The van der Waals surface area contributed by atoms with Crippen LogP contribution in [0.2, 0.25) is 0 Å². The van der Waals surface area contributed by atoms with Crippen molar-refractivity contribution in [1.29, 1.82) is 0 Å². The fourth-order valence-corrected chi connectivity index (χ4v) is 3.00. The van der Waals surface area contributed by atoms with E-state index in [2.05, 4.69) is 9.24 Å². The summed E-state index contributed by atoms with van der Waals surface area (Å²) in [5, 5.41) is 19.9. The summed E-state index contributed by atoms with van der Waals surface area (Å²) in [5.41, 5.74) is 3.03. The molecule has 17 heavy (non-hydrogen) atoms. The van der Waals surface area contributed by atoms with Crippen molar-refractivity contribution in [3.05, 3.63) is 70.8 Å². The van der Waals surface area contributed by atoms with Crippen molar-refractivity contribution in [2.24, 2.45) is 0 Å². The summed E-state index contributed by atoms with van der Waals surface area (Å²) in [7, 11) is 2.48. The minimum Gasteiger partial charge on any atom is -0.384 e. The zero-order chi connectivity index (χ0) is 12.0.